The molecule has 2 aromatic carbocycles. The second-order valence-electron chi connectivity index (χ2n) is 7.71. The van der Waals surface area contributed by atoms with Crippen LogP contribution < -0.4 is 15.2 Å². The SMILES string of the molecule is CCCCCCOC(=O)c1c(N)n(-c2cc(OC)ccc2OC)c2nc3ccccc3nc12. The first-order valence-electron chi connectivity index (χ1n) is 11.0. The molecule has 8 nitrogen and oxygen atoms in total. The van der Waals surface area contributed by atoms with Crippen LogP contribution in [0.1, 0.15) is 43.0 Å². The number of ether oxygens (including phenoxy) is 3. The maximum atomic E-state index is 13.1. The fourth-order valence-corrected chi connectivity index (χ4v) is 3.84. The number of hydrogen-bond acceptors (Lipinski definition) is 7. The van der Waals surface area contributed by atoms with Crippen LogP contribution in [0.15, 0.2) is 42.5 Å². The second kappa shape index (κ2) is 9.77. The Kier molecular flexibility index (Phi) is 6.63. The molecular weight excluding hydrogens is 420 g/mol. The van der Waals surface area contributed by atoms with E-state index in [0.29, 0.717) is 46.0 Å². The Morgan fingerprint density at radius 3 is 2.45 bits per heavy atom. The summed E-state index contributed by atoms with van der Waals surface area (Å²) in [5.41, 5.74) is 9.52. The molecule has 0 spiro atoms. The van der Waals surface area contributed by atoms with Crippen LogP contribution in [-0.2, 0) is 4.74 Å². The lowest BCUT2D eigenvalue weighted by atomic mass is 10.2. The van der Waals surface area contributed by atoms with Gasteiger partial charge < -0.3 is 19.9 Å². The van der Waals surface area contributed by atoms with Gasteiger partial charge in [-0.2, -0.15) is 0 Å². The number of nitrogens with zero attached hydrogens (tertiary/aromatic N) is 3. The molecule has 0 atom stereocenters. The van der Waals surface area contributed by atoms with E-state index in [1.54, 1.807) is 37.0 Å². The maximum Gasteiger partial charge on any atom is 0.344 e. The molecule has 33 heavy (non-hydrogen) atoms. The zero-order chi connectivity index (χ0) is 23.4. The zero-order valence-corrected chi connectivity index (χ0v) is 19.1. The zero-order valence-electron chi connectivity index (χ0n) is 19.1. The molecule has 0 fully saturated rings. The molecule has 4 aromatic rings. The predicted molar refractivity (Wildman–Crippen MR) is 128 cm³/mol. The molecule has 0 saturated heterocycles. The lowest BCUT2D eigenvalue weighted by molar-refractivity contribution is 0.0501. The van der Waals surface area contributed by atoms with E-state index in [0.717, 1.165) is 25.7 Å². The lowest BCUT2D eigenvalue weighted by Gasteiger charge is -2.14. The summed E-state index contributed by atoms with van der Waals surface area (Å²) >= 11 is 0. The van der Waals surface area contributed by atoms with E-state index in [2.05, 4.69) is 6.92 Å². The van der Waals surface area contributed by atoms with Gasteiger partial charge in [-0.05, 0) is 30.7 Å². The minimum absolute atomic E-state index is 0.186. The van der Waals surface area contributed by atoms with Gasteiger partial charge >= 0.3 is 5.97 Å². The number of aromatic nitrogens is 3. The number of rotatable bonds is 9. The van der Waals surface area contributed by atoms with Crippen LogP contribution in [0.2, 0.25) is 0 Å². The van der Waals surface area contributed by atoms with Gasteiger partial charge in [0.2, 0.25) is 0 Å². The average molecular weight is 449 g/mol. The van der Waals surface area contributed by atoms with Crippen LogP contribution in [0.4, 0.5) is 5.82 Å². The normalized spacial score (nSPS) is 11.1. The van der Waals surface area contributed by atoms with Crippen molar-refractivity contribution in [1.29, 1.82) is 0 Å². The number of unbranched alkanes of at least 4 members (excludes halogenated alkanes) is 3. The second-order valence-corrected chi connectivity index (χ2v) is 7.71. The summed E-state index contributed by atoms with van der Waals surface area (Å²) in [4.78, 5) is 22.6. The highest BCUT2D eigenvalue weighted by atomic mass is 16.5. The smallest absolute Gasteiger partial charge is 0.344 e. The molecule has 0 unspecified atom stereocenters. The van der Waals surface area contributed by atoms with Crippen molar-refractivity contribution in [1.82, 2.24) is 14.5 Å². The quantitative estimate of drug-likeness (QED) is 0.287. The van der Waals surface area contributed by atoms with Crippen molar-refractivity contribution in [3.05, 3.63) is 48.0 Å². The predicted octanol–water partition coefficient (Wildman–Crippen LogP) is 4.91. The molecule has 0 aliphatic rings. The van der Waals surface area contributed by atoms with Crippen molar-refractivity contribution < 1.29 is 19.0 Å². The number of benzene rings is 2. The molecule has 2 heterocycles. The lowest BCUT2D eigenvalue weighted by Crippen LogP contribution is -2.10. The first-order chi connectivity index (χ1) is 16.1. The molecule has 0 aliphatic heterocycles. The van der Waals surface area contributed by atoms with Gasteiger partial charge in [0.25, 0.3) is 0 Å². The number of carbonyl (C=O) groups excluding carboxylic acids is 1. The average Bonchev–Trinajstić information content (AvgIpc) is 3.12. The number of hydrogen-bond donors (Lipinski definition) is 1. The number of fused-ring (bicyclic) bond motifs is 2. The van der Waals surface area contributed by atoms with E-state index >= 15 is 0 Å². The Labute approximate surface area is 192 Å². The number of para-hydroxylation sites is 2. The largest absolute Gasteiger partial charge is 0.497 e. The Morgan fingerprint density at radius 1 is 1.00 bits per heavy atom. The minimum Gasteiger partial charge on any atom is -0.497 e. The van der Waals surface area contributed by atoms with E-state index in [1.165, 1.54) is 0 Å². The van der Waals surface area contributed by atoms with Crippen molar-refractivity contribution in [3.63, 3.8) is 0 Å². The van der Waals surface area contributed by atoms with E-state index < -0.39 is 5.97 Å². The number of esters is 1. The summed E-state index contributed by atoms with van der Waals surface area (Å²) < 4.78 is 18.2. The van der Waals surface area contributed by atoms with Gasteiger partial charge in [-0.25, -0.2) is 14.8 Å². The molecule has 0 saturated carbocycles. The van der Waals surface area contributed by atoms with Crippen molar-refractivity contribution >= 4 is 34.0 Å². The van der Waals surface area contributed by atoms with Crippen LogP contribution >= 0.6 is 0 Å². The van der Waals surface area contributed by atoms with Gasteiger partial charge in [0.05, 0.1) is 37.5 Å². The van der Waals surface area contributed by atoms with Gasteiger partial charge in [-0.3, -0.25) is 4.57 Å². The number of methoxy groups -OCH3 is 2. The highest BCUT2D eigenvalue weighted by Gasteiger charge is 2.27. The molecule has 172 valence electrons. The summed E-state index contributed by atoms with van der Waals surface area (Å²) in [6.45, 7) is 2.46. The third kappa shape index (κ3) is 4.28. The Balaban J connectivity index is 1.89. The van der Waals surface area contributed by atoms with E-state index in [1.807, 2.05) is 24.3 Å². The summed E-state index contributed by atoms with van der Waals surface area (Å²) in [5.74, 6) is 0.833. The minimum atomic E-state index is -0.515. The van der Waals surface area contributed by atoms with Crippen LogP contribution in [-0.4, -0.2) is 41.3 Å². The first kappa shape index (κ1) is 22.4. The molecule has 4 rings (SSSR count). The fourth-order valence-electron chi connectivity index (χ4n) is 3.84. The fraction of sp³-hybridized carbons (Fsp3) is 0.320. The van der Waals surface area contributed by atoms with Gasteiger partial charge in [-0.15, -0.1) is 0 Å². The molecule has 0 amide bonds. The van der Waals surface area contributed by atoms with E-state index in [9.17, 15) is 4.79 Å². The molecule has 0 radical (unpaired) electrons. The van der Waals surface area contributed by atoms with Gasteiger partial charge in [0.1, 0.15) is 28.4 Å². The maximum absolute atomic E-state index is 13.1. The van der Waals surface area contributed by atoms with E-state index in [-0.39, 0.29) is 11.4 Å². The highest BCUT2D eigenvalue weighted by Crippen LogP contribution is 2.36. The van der Waals surface area contributed by atoms with Crippen LogP contribution in [0.3, 0.4) is 0 Å². The monoisotopic (exact) mass is 448 g/mol. The highest BCUT2D eigenvalue weighted by molar-refractivity contribution is 6.09. The molecule has 8 heteroatoms. The number of nitrogen functional groups attached to an aromatic ring is 1. The molecule has 2 aromatic heterocycles. The molecule has 2 N–H and O–H groups in total. The van der Waals surface area contributed by atoms with Gasteiger partial charge in [-0.1, -0.05) is 38.3 Å². The summed E-state index contributed by atoms with van der Waals surface area (Å²) in [6.07, 6.45) is 4.02. The third-order valence-electron chi connectivity index (χ3n) is 5.56. The Hall–Kier alpha value is -3.81. The van der Waals surface area contributed by atoms with Gasteiger partial charge in [0, 0.05) is 6.07 Å². The topological polar surface area (TPSA) is 101 Å². The number of anilines is 1. The standard InChI is InChI=1S/C25H28N4O4/c1-4-5-6-9-14-33-25(30)21-22-24(28-18-11-8-7-10-17(18)27-22)29(23(21)26)19-15-16(31-2)12-13-20(19)32-3/h7-8,10-13,15H,4-6,9,14,26H2,1-3H3. The summed E-state index contributed by atoms with van der Waals surface area (Å²) in [5, 5.41) is 0. The van der Waals surface area contributed by atoms with Crippen molar-refractivity contribution in [2.45, 2.75) is 32.6 Å². The van der Waals surface area contributed by atoms with Crippen LogP contribution in [0, 0.1) is 0 Å². The van der Waals surface area contributed by atoms with Crippen LogP contribution in [0.25, 0.3) is 27.9 Å². The molecule has 0 aliphatic carbocycles. The first-order valence-corrected chi connectivity index (χ1v) is 11.0. The number of nitrogens with two attached hydrogens (primary N) is 1. The Morgan fingerprint density at radius 2 is 1.76 bits per heavy atom. The van der Waals surface area contributed by atoms with E-state index in [4.69, 9.17) is 29.9 Å². The molecule has 0 bridgehead atoms. The third-order valence-corrected chi connectivity index (χ3v) is 5.56. The van der Waals surface area contributed by atoms with Crippen molar-refractivity contribution in [2.24, 2.45) is 0 Å². The Bertz CT molecular complexity index is 1300. The summed E-state index contributed by atoms with van der Waals surface area (Å²) in [7, 11) is 3.15. The molecular formula is C25H28N4O4. The van der Waals surface area contributed by atoms with Crippen molar-refractivity contribution in [3.8, 4) is 17.2 Å². The van der Waals surface area contributed by atoms with Gasteiger partial charge in [0.15, 0.2) is 5.65 Å². The number of carbonyl (C=O) groups is 1. The van der Waals surface area contributed by atoms with Crippen LogP contribution in [0.5, 0.6) is 11.5 Å². The summed E-state index contributed by atoms with van der Waals surface area (Å²) in [6, 6.07) is 12.8. The van der Waals surface area contributed by atoms with Crippen molar-refractivity contribution in [2.75, 3.05) is 26.6 Å².